The zero-order valence-electron chi connectivity index (χ0n) is 14.8. The van der Waals surface area contributed by atoms with E-state index in [0.29, 0.717) is 5.56 Å². The third-order valence-corrected chi connectivity index (χ3v) is 4.44. The Kier molecular flexibility index (Phi) is 5.27. The fraction of sp³-hybridized carbons (Fsp3) is 0.421. The topological polar surface area (TPSA) is 79.4 Å². The highest BCUT2D eigenvalue weighted by Crippen LogP contribution is 2.35. The van der Waals surface area contributed by atoms with Gasteiger partial charge in [-0.3, -0.25) is 0 Å². The van der Waals surface area contributed by atoms with Crippen LogP contribution < -0.4 is 5.73 Å². The van der Waals surface area contributed by atoms with E-state index in [2.05, 4.69) is 4.98 Å². The molecule has 136 valence electrons. The molecular weight excluding hydrogens is 326 g/mol. The smallest absolute Gasteiger partial charge is 0.155 e. The molecule has 1 unspecified atom stereocenters. The summed E-state index contributed by atoms with van der Waals surface area (Å²) in [5.41, 5.74) is 3.20. The van der Waals surface area contributed by atoms with Crippen LogP contribution in [0, 0.1) is 17.6 Å². The van der Waals surface area contributed by atoms with Gasteiger partial charge in [-0.2, -0.15) is 0 Å². The van der Waals surface area contributed by atoms with Gasteiger partial charge >= 0.3 is 0 Å². The summed E-state index contributed by atoms with van der Waals surface area (Å²) in [5.74, 6) is -1.46. The van der Waals surface area contributed by atoms with E-state index in [1.165, 1.54) is 44.2 Å². The maximum Gasteiger partial charge on any atom is 0.155 e. The van der Waals surface area contributed by atoms with Crippen molar-refractivity contribution in [3.8, 4) is 11.3 Å². The SMILES string of the molecule is CC(C)C(O)(CN)c1cc(C(C)(C)O)c(F)c(-c2ccc(F)cc2)n1. The van der Waals surface area contributed by atoms with E-state index in [-0.39, 0.29) is 29.4 Å². The Morgan fingerprint density at radius 2 is 1.68 bits per heavy atom. The molecule has 1 heterocycles. The monoisotopic (exact) mass is 350 g/mol. The number of hydrogen-bond donors (Lipinski definition) is 3. The van der Waals surface area contributed by atoms with Crippen LogP contribution in [0.15, 0.2) is 30.3 Å². The lowest BCUT2D eigenvalue weighted by molar-refractivity contribution is -0.00589. The summed E-state index contributed by atoms with van der Waals surface area (Å²) in [6.07, 6.45) is 0. The number of benzene rings is 1. The number of nitrogens with two attached hydrogens (primary N) is 1. The molecule has 4 nitrogen and oxygen atoms in total. The normalized spacial score (nSPS) is 14.6. The van der Waals surface area contributed by atoms with E-state index in [1.54, 1.807) is 13.8 Å². The van der Waals surface area contributed by atoms with E-state index >= 15 is 0 Å². The van der Waals surface area contributed by atoms with Gasteiger partial charge in [0.15, 0.2) is 5.82 Å². The molecule has 1 aromatic carbocycles. The summed E-state index contributed by atoms with van der Waals surface area (Å²) in [7, 11) is 0. The standard InChI is InChI=1S/C19H24F2N2O2/c1-11(2)19(25,10-22)15-9-14(18(3,4)24)16(21)17(23-15)12-5-7-13(20)8-6-12/h5-9,11,24-25H,10,22H2,1-4H3. The molecule has 25 heavy (non-hydrogen) atoms. The lowest BCUT2D eigenvalue weighted by atomic mass is 9.84. The largest absolute Gasteiger partial charge is 0.386 e. The minimum absolute atomic E-state index is 0.00986. The van der Waals surface area contributed by atoms with Crippen LogP contribution in [0.4, 0.5) is 8.78 Å². The summed E-state index contributed by atoms with van der Waals surface area (Å²) in [4.78, 5) is 4.27. The van der Waals surface area contributed by atoms with Gasteiger partial charge in [0.2, 0.25) is 0 Å². The summed E-state index contributed by atoms with van der Waals surface area (Å²) < 4.78 is 28.2. The van der Waals surface area contributed by atoms with Crippen LogP contribution in [0.3, 0.4) is 0 Å². The second-order valence-corrected chi connectivity index (χ2v) is 7.07. The van der Waals surface area contributed by atoms with Crippen LogP contribution in [0.1, 0.15) is 39.0 Å². The highest BCUT2D eigenvalue weighted by Gasteiger charge is 2.36. The minimum Gasteiger partial charge on any atom is -0.386 e. The average molecular weight is 350 g/mol. The first kappa shape index (κ1) is 19.4. The fourth-order valence-electron chi connectivity index (χ4n) is 2.63. The number of hydrogen-bond acceptors (Lipinski definition) is 4. The molecule has 2 rings (SSSR count). The van der Waals surface area contributed by atoms with Crippen molar-refractivity contribution in [3.63, 3.8) is 0 Å². The molecule has 0 amide bonds. The van der Waals surface area contributed by atoms with Gasteiger partial charge in [0.25, 0.3) is 0 Å². The molecule has 0 spiro atoms. The van der Waals surface area contributed by atoms with E-state index in [9.17, 15) is 19.0 Å². The third kappa shape index (κ3) is 3.71. The van der Waals surface area contributed by atoms with E-state index in [1.807, 2.05) is 0 Å². The van der Waals surface area contributed by atoms with Crippen molar-refractivity contribution in [2.75, 3.05) is 6.54 Å². The van der Waals surface area contributed by atoms with Crippen LogP contribution in [0.25, 0.3) is 11.3 Å². The molecule has 0 bridgehead atoms. The third-order valence-electron chi connectivity index (χ3n) is 4.44. The minimum atomic E-state index is -1.50. The molecule has 1 atom stereocenters. The summed E-state index contributed by atoms with van der Waals surface area (Å²) in [6.45, 7) is 6.33. The Labute approximate surface area is 146 Å². The first-order valence-corrected chi connectivity index (χ1v) is 8.13. The van der Waals surface area contributed by atoms with E-state index in [4.69, 9.17) is 5.73 Å². The molecule has 0 fully saturated rings. The van der Waals surface area contributed by atoms with Crippen molar-refractivity contribution in [2.45, 2.75) is 38.9 Å². The van der Waals surface area contributed by atoms with Crippen molar-refractivity contribution in [1.82, 2.24) is 4.98 Å². The second kappa shape index (κ2) is 6.78. The van der Waals surface area contributed by atoms with Crippen molar-refractivity contribution >= 4 is 0 Å². The van der Waals surface area contributed by atoms with Crippen molar-refractivity contribution in [3.05, 3.63) is 53.2 Å². The number of nitrogens with zero attached hydrogens (tertiary/aromatic N) is 1. The Hall–Kier alpha value is -1.89. The summed E-state index contributed by atoms with van der Waals surface area (Å²) in [6, 6.07) is 6.54. The molecule has 4 N–H and O–H groups in total. The Balaban J connectivity index is 2.79. The van der Waals surface area contributed by atoms with Crippen LogP contribution >= 0.6 is 0 Å². The predicted octanol–water partition coefficient (Wildman–Crippen LogP) is 3.06. The first-order valence-electron chi connectivity index (χ1n) is 8.13. The first-order chi connectivity index (χ1) is 11.5. The molecule has 6 heteroatoms. The molecular formula is C19H24F2N2O2. The van der Waals surface area contributed by atoms with Gasteiger partial charge in [-0.25, -0.2) is 13.8 Å². The van der Waals surface area contributed by atoms with Crippen molar-refractivity contribution in [1.29, 1.82) is 0 Å². The van der Waals surface area contributed by atoms with E-state index < -0.39 is 22.8 Å². The number of aromatic nitrogens is 1. The lowest BCUT2D eigenvalue weighted by Gasteiger charge is -2.32. The maximum absolute atomic E-state index is 15.0. The van der Waals surface area contributed by atoms with Crippen molar-refractivity contribution < 1.29 is 19.0 Å². The number of aliphatic hydroxyl groups is 2. The Bertz CT molecular complexity index is 755. The highest BCUT2D eigenvalue weighted by molar-refractivity contribution is 5.61. The number of pyridine rings is 1. The fourth-order valence-corrected chi connectivity index (χ4v) is 2.63. The summed E-state index contributed by atoms with van der Waals surface area (Å²) in [5, 5.41) is 21.3. The van der Waals surface area contributed by atoms with Crippen molar-refractivity contribution in [2.24, 2.45) is 11.7 Å². The predicted molar refractivity (Wildman–Crippen MR) is 92.6 cm³/mol. The highest BCUT2D eigenvalue weighted by atomic mass is 19.1. The van der Waals surface area contributed by atoms with Gasteiger partial charge in [0.05, 0.1) is 11.3 Å². The quantitative estimate of drug-likeness (QED) is 0.774. The zero-order valence-corrected chi connectivity index (χ0v) is 14.8. The molecule has 0 radical (unpaired) electrons. The molecule has 0 saturated heterocycles. The zero-order chi connectivity index (χ0) is 19.0. The Morgan fingerprint density at radius 1 is 1.12 bits per heavy atom. The summed E-state index contributed by atoms with van der Waals surface area (Å²) >= 11 is 0. The van der Waals surface area contributed by atoms with Crippen LogP contribution in [0.5, 0.6) is 0 Å². The molecule has 0 aliphatic carbocycles. The average Bonchev–Trinajstić information content (AvgIpc) is 2.54. The molecule has 2 aromatic rings. The maximum atomic E-state index is 15.0. The van der Waals surface area contributed by atoms with Crippen LogP contribution in [-0.2, 0) is 11.2 Å². The molecule has 1 aromatic heterocycles. The lowest BCUT2D eigenvalue weighted by Crippen LogP contribution is -2.41. The number of rotatable bonds is 5. The van der Waals surface area contributed by atoms with Gasteiger partial charge in [0.1, 0.15) is 17.1 Å². The van der Waals surface area contributed by atoms with Gasteiger partial charge in [-0.05, 0) is 50.1 Å². The Morgan fingerprint density at radius 3 is 2.12 bits per heavy atom. The molecule has 0 aliphatic rings. The van der Waals surface area contributed by atoms with Gasteiger partial charge < -0.3 is 15.9 Å². The van der Waals surface area contributed by atoms with Gasteiger partial charge in [0, 0.05) is 17.7 Å². The second-order valence-electron chi connectivity index (χ2n) is 7.07. The number of halogens is 2. The molecule has 0 aliphatic heterocycles. The van der Waals surface area contributed by atoms with Gasteiger partial charge in [-0.1, -0.05) is 13.8 Å². The van der Waals surface area contributed by atoms with Crippen LogP contribution in [-0.4, -0.2) is 21.7 Å². The van der Waals surface area contributed by atoms with E-state index in [0.717, 1.165) is 0 Å². The van der Waals surface area contributed by atoms with Gasteiger partial charge in [-0.15, -0.1) is 0 Å². The van der Waals surface area contributed by atoms with Crippen LogP contribution in [0.2, 0.25) is 0 Å². The molecule has 0 saturated carbocycles.